The zero-order valence-corrected chi connectivity index (χ0v) is 15.7. The SMILES string of the molecule is COc1ccccc1-c1ccc(SCC(=O)Nc2ccc([N+](=O)[O-])cc2)nn1. The van der Waals surface area contributed by atoms with Gasteiger partial charge in [0, 0.05) is 23.4 Å². The van der Waals surface area contributed by atoms with Crippen LogP contribution in [0.5, 0.6) is 5.75 Å². The van der Waals surface area contributed by atoms with Crippen LogP contribution < -0.4 is 10.1 Å². The molecule has 1 heterocycles. The van der Waals surface area contributed by atoms with Gasteiger partial charge >= 0.3 is 0 Å². The Balaban J connectivity index is 1.57. The van der Waals surface area contributed by atoms with Crippen LogP contribution in [0.4, 0.5) is 11.4 Å². The van der Waals surface area contributed by atoms with Crippen molar-refractivity contribution >= 4 is 29.0 Å². The number of carbonyl (C=O) groups is 1. The van der Waals surface area contributed by atoms with Gasteiger partial charge in [0.2, 0.25) is 5.91 Å². The largest absolute Gasteiger partial charge is 0.496 e. The number of thioether (sulfide) groups is 1. The number of nitrogens with one attached hydrogen (secondary N) is 1. The molecular weight excluding hydrogens is 380 g/mol. The number of aromatic nitrogens is 2. The number of benzene rings is 2. The number of nitro benzene ring substituents is 1. The lowest BCUT2D eigenvalue weighted by molar-refractivity contribution is -0.384. The zero-order valence-electron chi connectivity index (χ0n) is 14.9. The minimum atomic E-state index is -0.491. The Morgan fingerprint density at radius 2 is 1.86 bits per heavy atom. The number of amides is 1. The van der Waals surface area contributed by atoms with E-state index in [1.54, 1.807) is 13.2 Å². The van der Waals surface area contributed by atoms with E-state index in [2.05, 4.69) is 15.5 Å². The quantitative estimate of drug-likeness (QED) is 0.368. The number of carbonyl (C=O) groups excluding carboxylic acids is 1. The molecule has 0 saturated heterocycles. The summed E-state index contributed by atoms with van der Waals surface area (Å²) >= 11 is 1.24. The van der Waals surface area contributed by atoms with Crippen molar-refractivity contribution in [2.24, 2.45) is 0 Å². The average molecular weight is 396 g/mol. The van der Waals surface area contributed by atoms with Crippen molar-refractivity contribution in [3.63, 3.8) is 0 Å². The van der Waals surface area contributed by atoms with E-state index in [0.29, 0.717) is 22.2 Å². The Bertz CT molecular complexity index is 978. The molecule has 1 N–H and O–H groups in total. The number of non-ortho nitro benzene ring substituents is 1. The number of methoxy groups -OCH3 is 1. The fraction of sp³-hybridized carbons (Fsp3) is 0.105. The number of anilines is 1. The lowest BCUT2D eigenvalue weighted by atomic mass is 10.1. The van der Waals surface area contributed by atoms with Gasteiger partial charge in [-0.15, -0.1) is 10.2 Å². The van der Waals surface area contributed by atoms with Crippen LogP contribution in [0.2, 0.25) is 0 Å². The average Bonchev–Trinajstić information content (AvgIpc) is 2.73. The van der Waals surface area contributed by atoms with Crippen LogP contribution >= 0.6 is 11.8 Å². The summed E-state index contributed by atoms with van der Waals surface area (Å²) in [4.78, 5) is 22.2. The molecule has 0 fully saturated rings. The second-order valence-electron chi connectivity index (χ2n) is 5.60. The molecule has 0 aliphatic carbocycles. The highest BCUT2D eigenvalue weighted by Gasteiger charge is 2.10. The van der Waals surface area contributed by atoms with E-state index in [-0.39, 0.29) is 17.3 Å². The summed E-state index contributed by atoms with van der Waals surface area (Å²) in [6.07, 6.45) is 0. The van der Waals surface area contributed by atoms with Crippen LogP contribution in [0.15, 0.2) is 65.7 Å². The molecule has 0 atom stereocenters. The van der Waals surface area contributed by atoms with Gasteiger partial charge in [0.15, 0.2) is 0 Å². The summed E-state index contributed by atoms with van der Waals surface area (Å²) < 4.78 is 5.32. The highest BCUT2D eigenvalue weighted by Crippen LogP contribution is 2.28. The van der Waals surface area contributed by atoms with Crippen LogP contribution in [0, 0.1) is 10.1 Å². The third kappa shape index (κ3) is 4.83. The molecule has 2 aromatic carbocycles. The summed E-state index contributed by atoms with van der Waals surface area (Å²) in [6.45, 7) is 0. The molecule has 3 rings (SSSR count). The maximum absolute atomic E-state index is 12.0. The van der Waals surface area contributed by atoms with Gasteiger partial charge in [0.05, 0.1) is 23.5 Å². The van der Waals surface area contributed by atoms with E-state index in [9.17, 15) is 14.9 Å². The van der Waals surface area contributed by atoms with Gasteiger partial charge in [-0.05, 0) is 36.4 Å². The van der Waals surface area contributed by atoms with Gasteiger partial charge in [-0.1, -0.05) is 23.9 Å². The van der Waals surface area contributed by atoms with Crippen molar-refractivity contribution in [1.82, 2.24) is 10.2 Å². The number of nitro groups is 1. The van der Waals surface area contributed by atoms with Crippen molar-refractivity contribution in [1.29, 1.82) is 0 Å². The summed E-state index contributed by atoms with van der Waals surface area (Å²) in [5.74, 6) is 0.605. The molecule has 9 heteroatoms. The molecule has 3 aromatic rings. The smallest absolute Gasteiger partial charge is 0.269 e. The van der Waals surface area contributed by atoms with Crippen molar-refractivity contribution in [3.8, 4) is 17.0 Å². The maximum Gasteiger partial charge on any atom is 0.269 e. The lowest BCUT2D eigenvalue weighted by Crippen LogP contribution is -2.14. The number of nitrogens with zero attached hydrogens (tertiary/aromatic N) is 3. The Kier molecular flexibility index (Phi) is 6.18. The molecule has 28 heavy (non-hydrogen) atoms. The number of ether oxygens (including phenoxy) is 1. The number of hydrogen-bond donors (Lipinski definition) is 1. The molecule has 0 aliphatic heterocycles. The van der Waals surface area contributed by atoms with Crippen molar-refractivity contribution in [2.75, 3.05) is 18.2 Å². The van der Waals surface area contributed by atoms with Crippen molar-refractivity contribution in [3.05, 3.63) is 70.8 Å². The van der Waals surface area contributed by atoms with E-state index < -0.39 is 4.92 Å². The Labute approximate surface area is 165 Å². The fourth-order valence-electron chi connectivity index (χ4n) is 2.40. The van der Waals surface area contributed by atoms with Gasteiger partial charge in [-0.3, -0.25) is 14.9 Å². The maximum atomic E-state index is 12.0. The Morgan fingerprint density at radius 3 is 2.50 bits per heavy atom. The van der Waals surface area contributed by atoms with Gasteiger partial charge in [-0.25, -0.2) is 0 Å². The van der Waals surface area contributed by atoms with E-state index in [1.165, 1.54) is 36.0 Å². The predicted molar refractivity (Wildman–Crippen MR) is 106 cm³/mol. The summed E-state index contributed by atoms with van der Waals surface area (Å²) in [7, 11) is 1.60. The van der Waals surface area contributed by atoms with Gasteiger partial charge in [-0.2, -0.15) is 0 Å². The lowest BCUT2D eigenvalue weighted by Gasteiger charge is -2.07. The highest BCUT2D eigenvalue weighted by atomic mass is 32.2. The normalized spacial score (nSPS) is 10.3. The zero-order chi connectivity index (χ0) is 19.9. The van der Waals surface area contributed by atoms with Crippen LogP contribution in [0.25, 0.3) is 11.3 Å². The van der Waals surface area contributed by atoms with Crippen LogP contribution in [-0.2, 0) is 4.79 Å². The second-order valence-corrected chi connectivity index (χ2v) is 6.59. The molecule has 0 spiro atoms. The number of hydrogen-bond acceptors (Lipinski definition) is 7. The molecule has 0 saturated carbocycles. The predicted octanol–water partition coefficient (Wildman–Crippen LogP) is 3.79. The van der Waals surface area contributed by atoms with E-state index in [0.717, 1.165) is 5.56 Å². The van der Waals surface area contributed by atoms with Crippen molar-refractivity contribution < 1.29 is 14.5 Å². The molecule has 8 nitrogen and oxygen atoms in total. The second kappa shape index (κ2) is 8.96. The minimum Gasteiger partial charge on any atom is -0.496 e. The Morgan fingerprint density at radius 1 is 1.11 bits per heavy atom. The van der Waals surface area contributed by atoms with Crippen LogP contribution in [0.3, 0.4) is 0 Å². The molecule has 1 amide bonds. The first-order chi connectivity index (χ1) is 13.6. The molecule has 0 unspecified atom stereocenters. The van der Waals surface area contributed by atoms with Crippen molar-refractivity contribution in [2.45, 2.75) is 5.03 Å². The monoisotopic (exact) mass is 396 g/mol. The van der Waals surface area contributed by atoms with Gasteiger partial charge in [0.1, 0.15) is 10.8 Å². The summed E-state index contributed by atoms with van der Waals surface area (Å²) in [5.41, 5.74) is 1.98. The third-order valence-electron chi connectivity index (χ3n) is 3.74. The molecule has 0 radical (unpaired) electrons. The topological polar surface area (TPSA) is 107 Å². The third-order valence-corrected chi connectivity index (χ3v) is 4.66. The first-order valence-electron chi connectivity index (χ1n) is 8.21. The summed E-state index contributed by atoms with van der Waals surface area (Å²) in [5, 5.41) is 22.3. The Hall–Kier alpha value is -3.46. The van der Waals surface area contributed by atoms with Gasteiger partial charge in [0.25, 0.3) is 5.69 Å². The van der Waals surface area contributed by atoms with E-state index >= 15 is 0 Å². The van der Waals surface area contributed by atoms with E-state index in [4.69, 9.17) is 4.74 Å². The van der Waals surface area contributed by atoms with Crippen LogP contribution in [-0.4, -0.2) is 33.9 Å². The minimum absolute atomic E-state index is 0.0298. The molecule has 0 aliphatic rings. The standard InChI is InChI=1S/C19H16N4O4S/c1-27-17-5-3-2-4-15(17)16-10-11-19(22-21-16)28-12-18(24)20-13-6-8-14(9-7-13)23(25)26/h2-11H,12H2,1H3,(H,20,24). The molecular formula is C19H16N4O4S. The molecule has 1 aromatic heterocycles. The highest BCUT2D eigenvalue weighted by molar-refractivity contribution is 7.99. The van der Waals surface area contributed by atoms with Gasteiger partial charge < -0.3 is 10.1 Å². The van der Waals surface area contributed by atoms with E-state index in [1.807, 2.05) is 30.3 Å². The summed E-state index contributed by atoms with van der Waals surface area (Å²) in [6, 6.07) is 16.8. The van der Waals surface area contributed by atoms with Crippen LogP contribution in [0.1, 0.15) is 0 Å². The first kappa shape index (κ1) is 19.3. The number of para-hydroxylation sites is 1. The molecule has 142 valence electrons. The fourth-order valence-corrected chi connectivity index (χ4v) is 3.01. The first-order valence-corrected chi connectivity index (χ1v) is 9.19. The molecule has 0 bridgehead atoms. The number of rotatable bonds is 7.